The Labute approximate surface area is 104 Å². The molecule has 1 saturated heterocycles. The van der Waals surface area contributed by atoms with Crippen molar-refractivity contribution < 1.29 is 0 Å². The van der Waals surface area contributed by atoms with Gasteiger partial charge >= 0.3 is 0 Å². The number of benzene rings is 1. The predicted molar refractivity (Wildman–Crippen MR) is 72.7 cm³/mol. The largest absolute Gasteiger partial charge is 0.370 e. The van der Waals surface area contributed by atoms with Crippen LogP contribution in [0.25, 0.3) is 0 Å². The number of anilines is 1. The molecule has 1 fully saturated rings. The highest BCUT2D eigenvalue weighted by molar-refractivity contribution is 5.62. The molecule has 1 N–H and O–H groups in total. The second kappa shape index (κ2) is 4.34. The molecule has 0 unspecified atom stereocenters. The molecule has 0 amide bonds. The van der Waals surface area contributed by atoms with Crippen molar-refractivity contribution in [1.82, 2.24) is 5.32 Å². The summed E-state index contributed by atoms with van der Waals surface area (Å²) in [6.45, 7) is 7.06. The Morgan fingerprint density at radius 3 is 2.76 bits per heavy atom. The van der Waals surface area contributed by atoms with Crippen LogP contribution in [-0.2, 0) is 5.41 Å². The van der Waals surface area contributed by atoms with Gasteiger partial charge in [0.1, 0.15) is 0 Å². The fraction of sp³-hybridized carbons (Fsp3) is 0.600. The fourth-order valence-corrected chi connectivity index (χ4v) is 3.54. The van der Waals surface area contributed by atoms with E-state index in [1.165, 1.54) is 51.1 Å². The van der Waals surface area contributed by atoms with Gasteiger partial charge in [0.2, 0.25) is 0 Å². The van der Waals surface area contributed by atoms with E-state index in [0.717, 1.165) is 0 Å². The molecule has 0 radical (unpaired) electrons. The van der Waals surface area contributed by atoms with Gasteiger partial charge in [-0.05, 0) is 44.0 Å². The molecule has 2 aliphatic heterocycles. The Bertz CT molecular complexity index is 394. The summed E-state index contributed by atoms with van der Waals surface area (Å²) in [5.41, 5.74) is 3.54. The van der Waals surface area contributed by atoms with Crippen LogP contribution in [0.4, 0.5) is 5.69 Å². The number of para-hydroxylation sites is 1. The smallest absolute Gasteiger partial charge is 0.0405 e. The second-order valence-electron chi connectivity index (χ2n) is 5.47. The molecule has 2 aliphatic rings. The average molecular weight is 230 g/mol. The lowest BCUT2D eigenvalue weighted by Gasteiger charge is -2.35. The molecule has 0 aliphatic carbocycles. The molecule has 0 atom stereocenters. The first-order chi connectivity index (χ1) is 8.36. The fourth-order valence-electron chi connectivity index (χ4n) is 3.54. The van der Waals surface area contributed by atoms with Gasteiger partial charge in [-0.25, -0.2) is 0 Å². The molecule has 1 spiro atoms. The van der Waals surface area contributed by atoms with Crippen molar-refractivity contribution in [2.45, 2.75) is 31.6 Å². The Morgan fingerprint density at radius 2 is 2.00 bits per heavy atom. The van der Waals surface area contributed by atoms with Gasteiger partial charge in [-0.15, -0.1) is 0 Å². The van der Waals surface area contributed by atoms with Crippen LogP contribution < -0.4 is 10.2 Å². The molecule has 17 heavy (non-hydrogen) atoms. The van der Waals surface area contributed by atoms with Crippen LogP contribution in [0, 0.1) is 0 Å². The number of fused-ring (bicyclic) bond motifs is 2. The van der Waals surface area contributed by atoms with E-state index in [0.29, 0.717) is 5.41 Å². The summed E-state index contributed by atoms with van der Waals surface area (Å²) in [4.78, 5) is 2.60. The Hall–Kier alpha value is -1.02. The van der Waals surface area contributed by atoms with Crippen molar-refractivity contribution in [3.63, 3.8) is 0 Å². The van der Waals surface area contributed by atoms with Crippen LogP contribution in [0.5, 0.6) is 0 Å². The molecule has 0 aromatic heterocycles. The van der Waals surface area contributed by atoms with E-state index in [9.17, 15) is 0 Å². The van der Waals surface area contributed by atoms with Gasteiger partial charge in [-0.3, -0.25) is 0 Å². The van der Waals surface area contributed by atoms with Gasteiger partial charge in [0.25, 0.3) is 0 Å². The van der Waals surface area contributed by atoms with Gasteiger partial charge in [-0.1, -0.05) is 25.1 Å². The monoisotopic (exact) mass is 230 g/mol. The van der Waals surface area contributed by atoms with Gasteiger partial charge in [0.05, 0.1) is 0 Å². The standard InChI is InChI=1S/C15H22N2/c1-2-11-17-12-15(7-9-16-10-8-15)13-5-3-4-6-14(13)17/h3-6,16H,2,7-12H2,1H3. The number of rotatable bonds is 2. The highest BCUT2D eigenvalue weighted by atomic mass is 15.2. The molecule has 1 aromatic rings. The van der Waals surface area contributed by atoms with Crippen LogP contribution in [0.15, 0.2) is 24.3 Å². The normalized spacial score (nSPS) is 21.8. The molecule has 2 nitrogen and oxygen atoms in total. The third-order valence-corrected chi connectivity index (χ3v) is 4.36. The zero-order valence-corrected chi connectivity index (χ0v) is 10.7. The van der Waals surface area contributed by atoms with E-state index in [-0.39, 0.29) is 0 Å². The highest BCUT2D eigenvalue weighted by Crippen LogP contribution is 2.45. The third-order valence-electron chi connectivity index (χ3n) is 4.36. The van der Waals surface area contributed by atoms with Crippen LogP contribution >= 0.6 is 0 Å². The molecule has 1 aromatic carbocycles. The summed E-state index contributed by atoms with van der Waals surface area (Å²) < 4.78 is 0. The highest BCUT2D eigenvalue weighted by Gasteiger charge is 2.42. The second-order valence-corrected chi connectivity index (χ2v) is 5.47. The number of hydrogen-bond acceptors (Lipinski definition) is 2. The summed E-state index contributed by atoms with van der Waals surface area (Å²) in [7, 11) is 0. The maximum absolute atomic E-state index is 3.50. The molecule has 0 bridgehead atoms. The molecule has 3 rings (SSSR count). The molecule has 0 saturated carbocycles. The summed E-state index contributed by atoms with van der Waals surface area (Å²) in [5.74, 6) is 0. The number of hydrogen-bond donors (Lipinski definition) is 1. The van der Waals surface area contributed by atoms with E-state index in [1.54, 1.807) is 5.56 Å². The first-order valence-corrected chi connectivity index (χ1v) is 6.91. The van der Waals surface area contributed by atoms with Crippen LogP contribution in [0.1, 0.15) is 31.7 Å². The lowest BCUT2D eigenvalue weighted by Crippen LogP contribution is -2.43. The Morgan fingerprint density at radius 1 is 1.24 bits per heavy atom. The SMILES string of the molecule is CCCN1CC2(CCNCC2)c2ccccc21. The van der Waals surface area contributed by atoms with Crippen molar-refractivity contribution >= 4 is 5.69 Å². The van der Waals surface area contributed by atoms with Crippen LogP contribution in [0.3, 0.4) is 0 Å². The van der Waals surface area contributed by atoms with E-state index in [1.807, 2.05) is 0 Å². The zero-order chi connectivity index (χ0) is 11.7. The first kappa shape index (κ1) is 11.1. The van der Waals surface area contributed by atoms with E-state index >= 15 is 0 Å². The summed E-state index contributed by atoms with van der Waals surface area (Å²) >= 11 is 0. The zero-order valence-electron chi connectivity index (χ0n) is 10.7. The van der Waals surface area contributed by atoms with Crippen molar-refractivity contribution in [1.29, 1.82) is 0 Å². The molecule has 92 valence electrons. The lowest BCUT2D eigenvalue weighted by molar-refractivity contribution is 0.325. The van der Waals surface area contributed by atoms with Gasteiger partial charge in [0.15, 0.2) is 0 Å². The van der Waals surface area contributed by atoms with Crippen molar-refractivity contribution in [2.24, 2.45) is 0 Å². The number of piperidine rings is 1. The number of nitrogens with one attached hydrogen (secondary N) is 1. The van der Waals surface area contributed by atoms with E-state index in [4.69, 9.17) is 0 Å². The van der Waals surface area contributed by atoms with Gasteiger partial charge < -0.3 is 10.2 Å². The average Bonchev–Trinajstić information content (AvgIpc) is 2.66. The maximum Gasteiger partial charge on any atom is 0.0405 e. The van der Waals surface area contributed by atoms with Crippen molar-refractivity contribution in [3.8, 4) is 0 Å². The molecule has 2 heteroatoms. The third kappa shape index (κ3) is 1.75. The minimum Gasteiger partial charge on any atom is -0.370 e. The lowest BCUT2D eigenvalue weighted by atomic mass is 9.75. The van der Waals surface area contributed by atoms with Crippen molar-refractivity contribution in [2.75, 3.05) is 31.1 Å². The van der Waals surface area contributed by atoms with Crippen LogP contribution in [0.2, 0.25) is 0 Å². The maximum atomic E-state index is 3.50. The molecule has 2 heterocycles. The molecular formula is C15H22N2. The van der Waals surface area contributed by atoms with Gasteiger partial charge in [-0.2, -0.15) is 0 Å². The quantitative estimate of drug-likeness (QED) is 0.840. The Balaban J connectivity index is 1.98. The predicted octanol–water partition coefficient (Wildman–Crippen LogP) is 2.54. The summed E-state index contributed by atoms with van der Waals surface area (Å²) in [6.07, 6.45) is 3.83. The molecular weight excluding hydrogens is 208 g/mol. The first-order valence-electron chi connectivity index (χ1n) is 6.91. The van der Waals surface area contributed by atoms with Crippen molar-refractivity contribution in [3.05, 3.63) is 29.8 Å². The van der Waals surface area contributed by atoms with E-state index in [2.05, 4.69) is 41.4 Å². The number of nitrogens with zero attached hydrogens (tertiary/aromatic N) is 1. The minimum absolute atomic E-state index is 0.441. The summed E-state index contributed by atoms with van der Waals surface area (Å²) in [6, 6.07) is 9.05. The topological polar surface area (TPSA) is 15.3 Å². The van der Waals surface area contributed by atoms with Crippen LogP contribution in [-0.4, -0.2) is 26.2 Å². The minimum atomic E-state index is 0.441. The Kier molecular flexibility index (Phi) is 2.83. The van der Waals surface area contributed by atoms with E-state index < -0.39 is 0 Å². The van der Waals surface area contributed by atoms with Gasteiger partial charge in [0, 0.05) is 24.2 Å². The summed E-state index contributed by atoms with van der Waals surface area (Å²) in [5, 5.41) is 3.50.